The lowest BCUT2D eigenvalue weighted by molar-refractivity contribution is -0.119. The zero-order valence-electron chi connectivity index (χ0n) is 12.1. The summed E-state index contributed by atoms with van der Waals surface area (Å²) in [6.07, 6.45) is 2.35. The Balaban J connectivity index is 1.94. The molecule has 1 aliphatic heterocycles. The Hall–Kier alpha value is -1.72. The zero-order valence-corrected chi connectivity index (χ0v) is 12.1. The number of nitrogens with one attached hydrogen (secondary N) is 1. The first-order valence-corrected chi connectivity index (χ1v) is 7.01. The Morgan fingerprint density at radius 2 is 2.10 bits per heavy atom. The molecule has 1 fully saturated rings. The van der Waals surface area contributed by atoms with Gasteiger partial charge in [0.05, 0.1) is 5.60 Å². The van der Waals surface area contributed by atoms with E-state index >= 15 is 0 Å². The molecule has 1 aromatic carbocycles. The van der Waals surface area contributed by atoms with Crippen LogP contribution in [-0.4, -0.2) is 36.4 Å². The molecule has 1 aromatic rings. The number of hydrogen-bond acceptors (Lipinski definition) is 3. The molecular weight excluding hydrogens is 273 g/mol. The molecule has 2 rings (SSSR count). The summed E-state index contributed by atoms with van der Waals surface area (Å²) >= 11 is 0. The number of ether oxygens (including phenoxy) is 1. The van der Waals surface area contributed by atoms with Crippen molar-refractivity contribution in [2.75, 3.05) is 19.8 Å². The molecule has 0 bridgehead atoms. The highest BCUT2D eigenvalue weighted by Gasteiger charge is 2.29. The van der Waals surface area contributed by atoms with Gasteiger partial charge in [-0.05, 0) is 18.6 Å². The number of rotatable bonds is 4. The average molecular weight is 293 g/mol. The van der Waals surface area contributed by atoms with Crippen LogP contribution in [0.5, 0.6) is 0 Å². The molecule has 0 atom stereocenters. The van der Waals surface area contributed by atoms with Gasteiger partial charge in [0, 0.05) is 44.2 Å². The van der Waals surface area contributed by atoms with Crippen LogP contribution in [0.2, 0.25) is 0 Å². The van der Waals surface area contributed by atoms with E-state index < -0.39 is 5.60 Å². The van der Waals surface area contributed by atoms with Crippen LogP contribution in [0.25, 0.3) is 5.57 Å². The van der Waals surface area contributed by atoms with Gasteiger partial charge in [-0.1, -0.05) is 18.2 Å². The maximum atomic E-state index is 13.6. The molecule has 0 saturated carbocycles. The standard InChI is InChI=1S/C16H20FNO3/c1-12(13-4-2-3-5-14(13)17)10-15(19)18-11-16(20)6-8-21-9-7-16/h2-5,10,20H,6-9,11H2,1H3,(H,18,19). The van der Waals surface area contributed by atoms with Crippen molar-refractivity contribution in [3.05, 3.63) is 41.7 Å². The van der Waals surface area contributed by atoms with Crippen LogP contribution in [0.1, 0.15) is 25.3 Å². The fraction of sp³-hybridized carbons (Fsp3) is 0.438. The Kier molecular flexibility index (Phi) is 5.09. The predicted octanol–water partition coefficient (Wildman–Crippen LogP) is 1.89. The summed E-state index contributed by atoms with van der Waals surface area (Å²) in [5.41, 5.74) is 0.0372. The van der Waals surface area contributed by atoms with Crippen molar-refractivity contribution in [1.29, 1.82) is 0 Å². The number of hydrogen-bond donors (Lipinski definition) is 2. The van der Waals surface area contributed by atoms with Crippen molar-refractivity contribution in [2.45, 2.75) is 25.4 Å². The fourth-order valence-electron chi connectivity index (χ4n) is 2.29. The Morgan fingerprint density at radius 3 is 2.76 bits per heavy atom. The molecule has 1 amide bonds. The molecular formula is C16H20FNO3. The highest BCUT2D eigenvalue weighted by atomic mass is 19.1. The third kappa shape index (κ3) is 4.37. The smallest absolute Gasteiger partial charge is 0.244 e. The maximum Gasteiger partial charge on any atom is 0.244 e. The summed E-state index contributed by atoms with van der Waals surface area (Å²) in [6, 6.07) is 6.31. The van der Waals surface area contributed by atoms with E-state index in [9.17, 15) is 14.3 Å². The van der Waals surface area contributed by atoms with E-state index in [4.69, 9.17) is 4.74 Å². The van der Waals surface area contributed by atoms with Gasteiger partial charge >= 0.3 is 0 Å². The van der Waals surface area contributed by atoms with Crippen LogP contribution in [0, 0.1) is 5.82 Å². The van der Waals surface area contributed by atoms with E-state index in [0.29, 0.717) is 37.2 Å². The topological polar surface area (TPSA) is 58.6 Å². The highest BCUT2D eigenvalue weighted by molar-refractivity contribution is 5.94. The maximum absolute atomic E-state index is 13.6. The normalized spacial score (nSPS) is 18.3. The molecule has 0 aromatic heterocycles. The van der Waals surface area contributed by atoms with Gasteiger partial charge in [-0.25, -0.2) is 4.39 Å². The Bertz CT molecular complexity index is 536. The summed E-state index contributed by atoms with van der Waals surface area (Å²) < 4.78 is 18.8. The van der Waals surface area contributed by atoms with Crippen LogP contribution in [0.15, 0.2) is 30.3 Å². The van der Waals surface area contributed by atoms with E-state index in [-0.39, 0.29) is 18.3 Å². The van der Waals surface area contributed by atoms with E-state index in [1.807, 2.05) is 0 Å². The first kappa shape index (κ1) is 15.7. The van der Waals surface area contributed by atoms with Crippen LogP contribution < -0.4 is 5.32 Å². The zero-order chi connectivity index (χ0) is 15.3. The molecule has 1 aliphatic rings. The lowest BCUT2D eigenvalue weighted by Gasteiger charge is -2.31. The van der Waals surface area contributed by atoms with Crippen molar-refractivity contribution in [2.24, 2.45) is 0 Å². The number of carbonyl (C=O) groups excluding carboxylic acids is 1. The third-order valence-corrected chi connectivity index (χ3v) is 3.66. The fourth-order valence-corrected chi connectivity index (χ4v) is 2.29. The number of allylic oxidation sites excluding steroid dienone is 1. The molecule has 5 heteroatoms. The van der Waals surface area contributed by atoms with Crippen LogP contribution in [0.3, 0.4) is 0 Å². The van der Waals surface area contributed by atoms with Crippen LogP contribution in [-0.2, 0) is 9.53 Å². The summed E-state index contributed by atoms with van der Waals surface area (Å²) in [4.78, 5) is 11.9. The number of amides is 1. The van der Waals surface area contributed by atoms with Gasteiger partial charge in [-0.3, -0.25) is 4.79 Å². The minimum absolute atomic E-state index is 0.177. The van der Waals surface area contributed by atoms with E-state index in [1.165, 1.54) is 12.1 Å². The molecule has 0 unspecified atom stereocenters. The van der Waals surface area contributed by atoms with E-state index in [2.05, 4.69) is 5.32 Å². The SMILES string of the molecule is CC(=CC(=O)NCC1(O)CCOCC1)c1ccccc1F. The summed E-state index contributed by atoms with van der Waals surface area (Å²) in [5.74, 6) is -0.697. The van der Waals surface area contributed by atoms with Gasteiger partial charge in [0.2, 0.25) is 5.91 Å². The van der Waals surface area contributed by atoms with Gasteiger partial charge in [0.15, 0.2) is 0 Å². The minimum Gasteiger partial charge on any atom is -0.388 e. The van der Waals surface area contributed by atoms with Crippen molar-refractivity contribution in [3.8, 4) is 0 Å². The van der Waals surface area contributed by atoms with Gasteiger partial charge in [0.1, 0.15) is 5.82 Å². The predicted molar refractivity (Wildman–Crippen MR) is 78.1 cm³/mol. The van der Waals surface area contributed by atoms with Crippen molar-refractivity contribution >= 4 is 11.5 Å². The monoisotopic (exact) mass is 293 g/mol. The number of benzene rings is 1. The first-order valence-electron chi connectivity index (χ1n) is 7.01. The Labute approximate surface area is 123 Å². The average Bonchev–Trinajstić information content (AvgIpc) is 2.46. The van der Waals surface area contributed by atoms with Gasteiger partial charge in [-0.15, -0.1) is 0 Å². The highest BCUT2D eigenvalue weighted by Crippen LogP contribution is 2.20. The van der Waals surface area contributed by atoms with E-state index in [1.54, 1.807) is 25.1 Å². The molecule has 0 aliphatic carbocycles. The third-order valence-electron chi connectivity index (χ3n) is 3.66. The molecule has 2 N–H and O–H groups in total. The molecule has 4 nitrogen and oxygen atoms in total. The number of aliphatic hydroxyl groups is 1. The summed E-state index contributed by atoms with van der Waals surface area (Å²) in [7, 11) is 0. The quantitative estimate of drug-likeness (QED) is 0.833. The first-order chi connectivity index (χ1) is 10.0. The van der Waals surface area contributed by atoms with Gasteiger partial charge in [0.25, 0.3) is 0 Å². The number of carbonyl (C=O) groups is 1. The molecule has 0 spiro atoms. The Morgan fingerprint density at radius 1 is 1.43 bits per heavy atom. The molecule has 114 valence electrons. The second-order valence-corrected chi connectivity index (χ2v) is 5.36. The van der Waals surface area contributed by atoms with Crippen molar-refractivity contribution in [3.63, 3.8) is 0 Å². The van der Waals surface area contributed by atoms with Crippen molar-refractivity contribution < 1.29 is 19.0 Å². The van der Waals surface area contributed by atoms with Crippen LogP contribution in [0.4, 0.5) is 4.39 Å². The van der Waals surface area contributed by atoms with E-state index in [0.717, 1.165) is 0 Å². The van der Waals surface area contributed by atoms with Gasteiger partial charge in [-0.2, -0.15) is 0 Å². The number of halogens is 1. The molecule has 1 saturated heterocycles. The van der Waals surface area contributed by atoms with Crippen molar-refractivity contribution in [1.82, 2.24) is 5.32 Å². The molecule has 0 radical (unpaired) electrons. The second kappa shape index (κ2) is 6.83. The van der Waals surface area contributed by atoms with Crippen LogP contribution >= 0.6 is 0 Å². The lowest BCUT2D eigenvalue weighted by Crippen LogP contribution is -2.46. The molecule has 1 heterocycles. The lowest BCUT2D eigenvalue weighted by atomic mass is 9.94. The summed E-state index contributed by atoms with van der Waals surface area (Å²) in [5, 5.41) is 12.9. The second-order valence-electron chi connectivity index (χ2n) is 5.36. The van der Waals surface area contributed by atoms with Gasteiger partial charge < -0.3 is 15.2 Å². The molecule has 21 heavy (non-hydrogen) atoms. The largest absolute Gasteiger partial charge is 0.388 e. The summed E-state index contributed by atoms with van der Waals surface area (Å²) in [6.45, 7) is 2.85. The minimum atomic E-state index is -0.909.